The number of hydrogen-bond donors (Lipinski definition) is 0. The largest absolute Gasteiger partial charge is 0.465 e. The van der Waals surface area contributed by atoms with Crippen molar-refractivity contribution in [2.75, 3.05) is 12.4 Å². The van der Waals surface area contributed by atoms with Crippen LogP contribution in [-0.2, 0) is 37.9 Å². The Hall–Kier alpha value is -3.51. The lowest BCUT2D eigenvalue weighted by Gasteiger charge is -2.14. The molecule has 6 heteroatoms. The molecule has 0 bridgehead atoms. The van der Waals surface area contributed by atoms with E-state index in [0.29, 0.717) is 24.5 Å². The van der Waals surface area contributed by atoms with E-state index in [1.165, 1.54) is 0 Å². The minimum atomic E-state index is -0.964. The van der Waals surface area contributed by atoms with E-state index in [1.807, 2.05) is 68.4 Å². The predicted octanol–water partition coefficient (Wildman–Crippen LogP) is 6.40. The van der Waals surface area contributed by atoms with Gasteiger partial charge in [0.2, 0.25) is 0 Å². The van der Waals surface area contributed by atoms with Crippen molar-refractivity contribution in [3.05, 3.63) is 101 Å². The first kappa shape index (κ1) is 25.2. The molecule has 0 radical (unpaired) electrons. The average Bonchev–Trinajstić information content (AvgIpc) is 3.66. The van der Waals surface area contributed by atoms with Gasteiger partial charge in [-0.05, 0) is 55.4 Å². The Morgan fingerprint density at radius 3 is 2.19 bits per heavy atom. The number of rotatable bonds is 10. The van der Waals surface area contributed by atoms with Gasteiger partial charge in [0.1, 0.15) is 0 Å². The third-order valence-corrected chi connectivity index (χ3v) is 8.38. The van der Waals surface area contributed by atoms with E-state index in [4.69, 9.17) is 9.26 Å². The molecule has 1 fully saturated rings. The van der Waals surface area contributed by atoms with Crippen molar-refractivity contribution in [2.24, 2.45) is 0 Å². The second-order valence-corrected chi connectivity index (χ2v) is 11.1. The van der Waals surface area contributed by atoms with Gasteiger partial charge in [-0.3, -0.25) is 9.00 Å². The number of carbonyl (C=O) groups is 1. The number of nitrogens with zero attached hydrogens (tertiary/aromatic N) is 1. The number of benzene rings is 3. The van der Waals surface area contributed by atoms with Crippen LogP contribution < -0.4 is 0 Å². The molecule has 1 atom stereocenters. The SMILES string of the molecule is CCOC(=O)C1(c2ccc(-c3ccc(-c4onc(C)c4CCS(=O)Cc4ccccc4)cc3)cc2)CC1. The van der Waals surface area contributed by atoms with Crippen LogP contribution in [0.2, 0.25) is 0 Å². The van der Waals surface area contributed by atoms with Gasteiger partial charge < -0.3 is 9.26 Å². The average molecular weight is 514 g/mol. The van der Waals surface area contributed by atoms with Gasteiger partial charge in [-0.2, -0.15) is 0 Å². The minimum Gasteiger partial charge on any atom is -0.465 e. The lowest BCUT2D eigenvalue weighted by Crippen LogP contribution is -2.23. The van der Waals surface area contributed by atoms with Crippen LogP contribution in [0.1, 0.15) is 42.1 Å². The van der Waals surface area contributed by atoms with E-state index in [0.717, 1.165) is 57.7 Å². The zero-order valence-corrected chi connectivity index (χ0v) is 22.1. The lowest BCUT2D eigenvalue weighted by molar-refractivity contribution is -0.146. The summed E-state index contributed by atoms with van der Waals surface area (Å²) in [4.78, 5) is 12.4. The molecule has 4 aromatic rings. The summed E-state index contributed by atoms with van der Waals surface area (Å²) in [5.74, 6) is 1.73. The van der Waals surface area contributed by atoms with Crippen LogP contribution in [0.4, 0.5) is 0 Å². The van der Waals surface area contributed by atoms with Crippen LogP contribution in [-0.4, -0.2) is 27.7 Å². The van der Waals surface area contributed by atoms with E-state index in [9.17, 15) is 9.00 Å². The van der Waals surface area contributed by atoms with Gasteiger partial charge in [0.15, 0.2) is 5.76 Å². The third-order valence-electron chi connectivity index (χ3n) is 7.07. The predicted molar refractivity (Wildman–Crippen MR) is 147 cm³/mol. The van der Waals surface area contributed by atoms with Crippen molar-refractivity contribution < 1.29 is 18.3 Å². The Morgan fingerprint density at radius 1 is 0.946 bits per heavy atom. The van der Waals surface area contributed by atoms with Crippen molar-refractivity contribution in [1.29, 1.82) is 0 Å². The Labute approximate surface area is 220 Å². The molecule has 0 saturated heterocycles. The number of carbonyl (C=O) groups excluding carboxylic acids is 1. The van der Waals surface area contributed by atoms with Crippen molar-refractivity contribution in [1.82, 2.24) is 5.16 Å². The van der Waals surface area contributed by atoms with Gasteiger partial charge in [0.05, 0.1) is 17.7 Å². The first-order valence-corrected chi connectivity index (χ1v) is 14.2. The normalized spacial score (nSPS) is 14.8. The van der Waals surface area contributed by atoms with Crippen molar-refractivity contribution in [3.8, 4) is 22.5 Å². The molecule has 37 heavy (non-hydrogen) atoms. The summed E-state index contributed by atoms with van der Waals surface area (Å²) in [6, 6.07) is 26.3. The van der Waals surface area contributed by atoms with Crippen LogP contribution in [0, 0.1) is 6.92 Å². The monoisotopic (exact) mass is 513 g/mol. The molecule has 3 aromatic carbocycles. The smallest absolute Gasteiger partial charge is 0.316 e. The number of hydrogen-bond acceptors (Lipinski definition) is 5. The molecule has 0 aliphatic heterocycles. The van der Waals surface area contributed by atoms with Crippen LogP contribution in [0.25, 0.3) is 22.5 Å². The van der Waals surface area contributed by atoms with Gasteiger partial charge >= 0.3 is 5.97 Å². The molecule has 1 aliphatic carbocycles. The fourth-order valence-electron chi connectivity index (χ4n) is 4.76. The summed E-state index contributed by atoms with van der Waals surface area (Å²) in [6.07, 6.45) is 2.34. The highest BCUT2D eigenvalue weighted by molar-refractivity contribution is 7.84. The quantitative estimate of drug-likeness (QED) is 0.229. The maximum atomic E-state index is 12.7. The first-order chi connectivity index (χ1) is 18.0. The van der Waals surface area contributed by atoms with Crippen LogP contribution in [0.3, 0.4) is 0 Å². The molecular weight excluding hydrogens is 482 g/mol. The van der Waals surface area contributed by atoms with Crippen molar-refractivity contribution in [2.45, 2.75) is 44.3 Å². The lowest BCUT2D eigenvalue weighted by atomic mass is 9.93. The van der Waals surface area contributed by atoms with Gasteiger partial charge in [0, 0.05) is 33.4 Å². The molecule has 0 N–H and O–H groups in total. The van der Waals surface area contributed by atoms with Gasteiger partial charge in [-0.15, -0.1) is 0 Å². The maximum absolute atomic E-state index is 12.7. The topological polar surface area (TPSA) is 69.4 Å². The fraction of sp³-hybridized carbons (Fsp3) is 0.290. The van der Waals surface area contributed by atoms with Crippen LogP contribution in [0.5, 0.6) is 0 Å². The highest BCUT2D eigenvalue weighted by Crippen LogP contribution is 2.49. The molecule has 5 nitrogen and oxygen atoms in total. The Morgan fingerprint density at radius 2 is 1.57 bits per heavy atom. The van der Waals surface area contributed by atoms with E-state index in [-0.39, 0.29) is 5.97 Å². The summed E-state index contributed by atoms with van der Waals surface area (Å²) in [5.41, 5.74) is 6.61. The van der Waals surface area contributed by atoms with Crippen LogP contribution in [0.15, 0.2) is 83.4 Å². The Balaban J connectivity index is 1.27. The highest BCUT2D eigenvalue weighted by atomic mass is 32.2. The molecule has 190 valence electrons. The minimum absolute atomic E-state index is 0.117. The van der Waals surface area contributed by atoms with E-state index in [2.05, 4.69) is 29.4 Å². The zero-order chi connectivity index (χ0) is 25.8. The second-order valence-electron chi connectivity index (χ2n) is 9.56. The molecule has 0 amide bonds. The van der Waals surface area contributed by atoms with E-state index in [1.54, 1.807) is 0 Å². The number of ether oxygens (including phenoxy) is 1. The number of aryl methyl sites for hydroxylation is 1. The maximum Gasteiger partial charge on any atom is 0.316 e. The van der Waals surface area contributed by atoms with Gasteiger partial charge in [-0.25, -0.2) is 0 Å². The Bertz CT molecular complexity index is 1390. The summed E-state index contributed by atoms with van der Waals surface area (Å²) in [7, 11) is -0.964. The number of esters is 1. The fourth-order valence-corrected chi connectivity index (χ4v) is 5.90. The molecule has 0 spiro atoms. The zero-order valence-electron chi connectivity index (χ0n) is 21.2. The molecule has 1 aliphatic rings. The van der Waals surface area contributed by atoms with Crippen molar-refractivity contribution >= 4 is 16.8 Å². The summed E-state index contributed by atoms with van der Waals surface area (Å²) in [6.45, 7) is 4.18. The van der Waals surface area contributed by atoms with Gasteiger partial charge in [-0.1, -0.05) is 84.0 Å². The molecule has 1 aromatic heterocycles. The molecule has 1 saturated carbocycles. The molecular formula is C31H31NO4S. The third kappa shape index (κ3) is 5.44. The van der Waals surface area contributed by atoms with Crippen LogP contribution >= 0.6 is 0 Å². The van der Waals surface area contributed by atoms with E-state index >= 15 is 0 Å². The molecule has 1 unspecified atom stereocenters. The van der Waals surface area contributed by atoms with Crippen molar-refractivity contribution in [3.63, 3.8) is 0 Å². The molecule has 5 rings (SSSR count). The number of aromatic nitrogens is 1. The molecule has 1 heterocycles. The Kier molecular flexibility index (Phi) is 7.38. The first-order valence-electron chi connectivity index (χ1n) is 12.7. The van der Waals surface area contributed by atoms with E-state index < -0.39 is 16.2 Å². The summed E-state index contributed by atoms with van der Waals surface area (Å²) in [5, 5.41) is 4.19. The summed E-state index contributed by atoms with van der Waals surface area (Å²) < 4.78 is 23.6. The van der Waals surface area contributed by atoms with Gasteiger partial charge in [0.25, 0.3) is 0 Å². The summed E-state index contributed by atoms with van der Waals surface area (Å²) >= 11 is 0. The highest BCUT2D eigenvalue weighted by Gasteiger charge is 2.52. The standard InChI is InChI=1S/C31H31NO4S/c1-3-35-30(33)31(18-19-31)27-15-13-25(14-16-27)24-9-11-26(12-10-24)29-28(22(2)32-36-29)17-20-37(34)21-23-7-5-4-6-8-23/h4-16H,3,17-21H2,1-2H3. The second kappa shape index (κ2) is 10.9.